The van der Waals surface area contributed by atoms with Crippen molar-refractivity contribution in [2.45, 2.75) is 20.3 Å². The molecule has 0 bridgehead atoms. The third-order valence-corrected chi connectivity index (χ3v) is 2.57. The van der Waals surface area contributed by atoms with E-state index in [1.165, 1.54) is 0 Å². The maximum atomic E-state index is 11.4. The summed E-state index contributed by atoms with van der Waals surface area (Å²) < 4.78 is 10.7. The second-order valence-corrected chi connectivity index (χ2v) is 4.04. The molecular weight excluding hydrogens is 264 g/mol. The van der Waals surface area contributed by atoms with Crippen molar-refractivity contribution in [3.05, 3.63) is 28.2 Å². The van der Waals surface area contributed by atoms with Crippen LogP contribution in [0, 0.1) is 11.8 Å². The Balaban J connectivity index is 2.87. The Bertz CT molecular complexity index is 476. The molecule has 110 valence electrons. The molecule has 0 atom stereocenters. The highest BCUT2D eigenvalue weighted by Crippen LogP contribution is 2.29. The molecule has 0 saturated heterocycles. The number of nitrogens with zero attached hydrogens (tertiary/aromatic N) is 1. The van der Waals surface area contributed by atoms with E-state index in [2.05, 4.69) is 15.5 Å². The van der Waals surface area contributed by atoms with E-state index in [4.69, 9.17) is 9.47 Å². The summed E-state index contributed by atoms with van der Waals surface area (Å²) in [6.45, 7) is 3.65. The highest BCUT2D eigenvalue weighted by molar-refractivity contribution is 5.74. The van der Waals surface area contributed by atoms with Crippen LogP contribution in [-0.4, -0.2) is 26.4 Å². The lowest BCUT2D eigenvalue weighted by atomic mass is 10.1. The molecule has 0 radical (unpaired) electrons. The third kappa shape index (κ3) is 4.51. The maximum Gasteiger partial charge on any atom is 0.352 e. The molecule has 0 aliphatic carbocycles. The van der Waals surface area contributed by atoms with Crippen LogP contribution in [0.5, 0.6) is 11.5 Å². The van der Waals surface area contributed by atoms with Gasteiger partial charge in [-0.3, -0.25) is 5.32 Å². The van der Waals surface area contributed by atoms with Gasteiger partial charge in [0.15, 0.2) is 5.34 Å². The average molecular weight is 282 g/mol. The van der Waals surface area contributed by atoms with Crippen molar-refractivity contribution in [2.24, 2.45) is 5.34 Å². The summed E-state index contributed by atoms with van der Waals surface area (Å²) in [5.74, 6) is 0.474. The fourth-order valence-electron chi connectivity index (χ4n) is 1.61. The van der Waals surface area contributed by atoms with Crippen molar-refractivity contribution in [3.63, 3.8) is 0 Å². The average Bonchev–Trinajstić information content (AvgIpc) is 2.45. The predicted octanol–water partition coefficient (Wildman–Crippen LogP) is 1.72. The highest BCUT2D eigenvalue weighted by Gasteiger charge is 2.12. The quantitative estimate of drug-likeness (QED) is 0.257. The summed E-state index contributed by atoms with van der Waals surface area (Å²) in [6.07, 6.45) is 0.732. The monoisotopic (exact) mass is 282 g/mol. The standard InChI is InChI=1S/C13H18N2O5/c1-4-10-6-11(20-13(16)7-19-15-17)9(2)5-12(10)18-8-14-3/h5-6,14H,4,7-8H2,1-3H3. The van der Waals surface area contributed by atoms with E-state index in [0.29, 0.717) is 12.5 Å². The molecule has 0 heterocycles. The smallest absolute Gasteiger partial charge is 0.352 e. The zero-order valence-electron chi connectivity index (χ0n) is 11.8. The molecule has 0 amide bonds. The second-order valence-electron chi connectivity index (χ2n) is 4.04. The molecule has 0 aliphatic rings. The summed E-state index contributed by atoms with van der Waals surface area (Å²) in [6, 6.07) is 3.55. The summed E-state index contributed by atoms with van der Waals surface area (Å²) in [5.41, 5.74) is 1.67. The van der Waals surface area contributed by atoms with Gasteiger partial charge in [-0.1, -0.05) is 6.92 Å². The predicted molar refractivity (Wildman–Crippen MR) is 72.5 cm³/mol. The van der Waals surface area contributed by atoms with Gasteiger partial charge in [0.1, 0.15) is 18.2 Å². The van der Waals surface area contributed by atoms with Crippen molar-refractivity contribution in [1.82, 2.24) is 5.32 Å². The Morgan fingerprint density at radius 2 is 2.10 bits per heavy atom. The summed E-state index contributed by atoms with van der Waals surface area (Å²) >= 11 is 0. The molecule has 1 aromatic carbocycles. The molecule has 7 nitrogen and oxygen atoms in total. The highest BCUT2D eigenvalue weighted by atomic mass is 16.7. The first-order valence-electron chi connectivity index (χ1n) is 6.18. The summed E-state index contributed by atoms with van der Waals surface area (Å²) in [5, 5.41) is 5.04. The number of aryl methyl sites for hydroxylation is 2. The van der Waals surface area contributed by atoms with Crippen LogP contribution >= 0.6 is 0 Å². The van der Waals surface area contributed by atoms with Crippen LogP contribution in [0.15, 0.2) is 17.5 Å². The molecule has 7 heteroatoms. The number of hydrogen-bond donors (Lipinski definition) is 1. The lowest BCUT2D eigenvalue weighted by Crippen LogP contribution is -2.16. The molecule has 0 fully saturated rings. The number of rotatable bonds is 8. The van der Waals surface area contributed by atoms with Crippen molar-refractivity contribution in [3.8, 4) is 11.5 Å². The Morgan fingerprint density at radius 3 is 2.70 bits per heavy atom. The lowest BCUT2D eigenvalue weighted by Gasteiger charge is -2.14. The van der Waals surface area contributed by atoms with Crippen LogP contribution in [0.4, 0.5) is 0 Å². The Kier molecular flexibility index (Phi) is 6.45. The minimum atomic E-state index is -0.682. The van der Waals surface area contributed by atoms with Crippen LogP contribution in [-0.2, 0) is 16.1 Å². The van der Waals surface area contributed by atoms with Crippen molar-refractivity contribution in [2.75, 3.05) is 20.4 Å². The molecule has 1 rings (SSSR count). The number of esters is 1. The van der Waals surface area contributed by atoms with E-state index in [-0.39, 0.29) is 0 Å². The van der Waals surface area contributed by atoms with Gasteiger partial charge in [0, 0.05) is 0 Å². The van der Waals surface area contributed by atoms with Gasteiger partial charge in [0.25, 0.3) is 0 Å². The molecule has 1 N–H and O–H groups in total. The van der Waals surface area contributed by atoms with Crippen LogP contribution in [0.2, 0.25) is 0 Å². The first-order valence-corrected chi connectivity index (χ1v) is 6.18. The van der Waals surface area contributed by atoms with Crippen molar-refractivity contribution < 1.29 is 19.1 Å². The van der Waals surface area contributed by atoms with Crippen LogP contribution < -0.4 is 14.8 Å². The van der Waals surface area contributed by atoms with Crippen LogP contribution in [0.1, 0.15) is 18.1 Å². The van der Waals surface area contributed by atoms with E-state index in [1.54, 1.807) is 26.1 Å². The Hall–Kier alpha value is -2.15. The largest absolute Gasteiger partial charge is 0.478 e. The van der Waals surface area contributed by atoms with E-state index in [9.17, 15) is 9.70 Å². The number of hydrogen-bond acceptors (Lipinski definition) is 7. The molecule has 0 saturated carbocycles. The second kappa shape index (κ2) is 8.11. The van der Waals surface area contributed by atoms with E-state index >= 15 is 0 Å². The Morgan fingerprint density at radius 1 is 1.35 bits per heavy atom. The first kappa shape index (κ1) is 15.9. The Labute approximate surface area is 117 Å². The molecule has 0 spiro atoms. The number of carbonyl (C=O) groups is 1. The number of benzene rings is 1. The minimum Gasteiger partial charge on any atom is -0.478 e. The van der Waals surface area contributed by atoms with Crippen LogP contribution in [0.3, 0.4) is 0 Å². The van der Waals surface area contributed by atoms with Crippen molar-refractivity contribution >= 4 is 5.97 Å². The van der Waals surface area contributed by atoms with Gasteiger partial charge in [-0.05, 0) is 43.7 Å². The van der Waals surface area contributed by atoms with Crippen molar-refractivity contribution in [1.29, 1.82) is 0 Å². The number of nitrogens with one attached hydrogen (secondary N) is 1. The van der Waals surface area contributed by atoms with Gasteiger partial charge in [-0.2, -0.15) is 0 Å². The topological polar surface area (TPSA) is 86.2 Å². The SMILES string of the molecule is CCc1cc(OC(=O)CON=O)c(C)cc1OCNC. The third-order valence-electron chi connectivity index (χ3n) is 2.57. The minimum absolute atomic E-state index is 0.393. The molecular formula is C13H18N2O5. The van der Waals surface area contributed by atoms with E-state index < -0.39 is 12.6 Å². The zero-order valence-corrected chi connectivity index (χ0v) is 11.8. The molecule has 0 aromatic heterocycles. The van der Waals surface area contributed by atoms with Gasteiger partial charge in [0.05, 0.1) is 0 Å². The van der Waals surface area contributed by atoms with Crippen LogP contribution in [0.25, 0.3) is 0 Å². The summed E-state index contributed by atoms with van der Waals surface area (Å²) in [7, 11) is 1.79. The molecule has 0 aliphatic heterocycles. The molecule has 0 unspecified atom stereocenters. The van der Waals surface area contributed by atoms with Gasteiger partial charge in [-0.15, -0.1) is 4.91 Å². The van der Waals surface area contributed by atoms with Gasteiger partial charge < -0.3 is 14.3 Å². The molecule has 1 aromatic rings. The van der Waals surface area contributed by atoms with Gasteiger partial charge in [0.2, 0.25) is 6.61 Å². The first-order chi connectivity index (χ1) is 9.62. The molecule has 20 heavy (non-hydrogen) atoms. The number of carbonyl (C=O) groups excluding carboxylic acids is 1. The summed E-state index contributed by atoms with van der Waals surface area (Å²) in [4.78, 5) is 25.3. The van der Waals surface area contributed by atoms with E-state index in [0.717, 1.165) is 23.3 Å². The van der Waals surface area contributed by atoms with Gasteiger partial charge in [-0.25, -0.2) is 4.79 Å². The lowest BCUT2D eigenvalue weighted by molar-refractivity contribution is -0.139. The zero-order chi connectivity index (χ0) is 15.0. The van der Waals surface area contributed by atoms with E-state index in [1.807, 2.05) is 6.92 Å². The maximum absolute atomic E-state index is 11.4. The number of ether oxygens (including phenoxy) is 2. The normalized spacial score (nSPS) is 9.95. The van der Waals surface area contributed by atoms with Gasteiger partial charge >= 0.3 is 5.97 Å². The fourth-order valence-corrected chi connectivity index (χ4v) is 1.61. The fraction of sp³-hybridized carbons (Fsp3) is 0.462.